The summed E-state index contributed by atoms with van der Waals surface area (Å²) in [5.74, 6) is 0.804. The number of nitrogens with one attached hydrogen (secondary N) is 1. The van der Waals surface area contributed by atoms with Crippen LogP contribution >= 0.6 is 11.6 Å². The molecule has 4 heterocycles. The molecular weight excluding hydrogens is 414 g/mol. The van der Waals surface area contributed by atoms with E-state index in [4.69, 9.17) is 11.6 Å². The van der Waals surface area contributed by atoms with Crippen molar-refractivity contribution < 1.29 is 4.79 Å². The molecule has 1 amide bonds. The quantitative estimate of drug-likeness (QED) is 0.621. The number of pyridine rings is 1. The van der Waals surface area contributed by atoms with E-state index in [2.05, 4.69) is 25.3 Å². The maximum absolute atomic E-state index is 12.7. The van der Waals surface area contributed by atoms with Gasteiger partial charge in [-0.15, -0.1) is 0 Å². The number of carbonyl (C=O) groups excluding carboxylic acids is 1. The van der Waals surface area contributed by atoms with Gasteiger partial charge in [-0.1, -0.05) is 17.7 Å². The number of halogens is 1. The van der Waals surface area contributed by atoms with Crippen LogP contribution in [0.5, 0.6) is 0 Å². The van der Waals surface area contributed by atoms with Gasteiger partial charge in [0.1, 0.15) is 11.0 Å². The highest BCUT2D eigenvalue weighted by Crippen LogP contribution is 2.53. The van der Waals surface area contributed by atoms with E-state index < -0.39 is 0 Å². The maximum atomic E-state index is 12.7. The van der Waals surface area contributed by atoms with Gasteiger partial charge in [0.2, 0.25) is 0 Å². The van der Waals surface area contributed by atoms with Gasteiger partial charge in [0.15, 0.2) is 0 Å². The Balaban J connectivity index is 1.11. The van der Waals surface area contributed by atoms with Gasteiger partial charge in [-0.2, -0.15) is 5.10 Å². The zero-order valence-electron chi connectivity index (χ0n) is 17.4. The number of aromatic nitrogens is 5. The molecule has 6 rings (SSSR count). The molecule has 1 N–H and O–H groups in total. The van der Waals surface area contributed by atoms with Crippen molar-refractivity contribution in [3.05, 3.63) is 58.5 Å². The van der Waals surface area contributed by atoms with Gasteiger partial charge in [-0.05, 0) is 31.7 Å². The number of rotatable bonds is 5. The largest absolute Gasteiger partial charge is 0.355 e. The number of nitrogens with zero attached hydrogens (tertiary/aromatic N) is 6. The molecule has 1 aliphatic heterocycles. The summed E-state index contributed by atoms with van der Waals surface area (Å²) in [7, 11) is 1.99. The molecule has 2 aliphatic carbocycles. The smallest absolute Gasteiger partial charge is 0.255 e. The number of imidazole rings is 1. The predicted octanol–water partition coefficient (Wildman–Crippen LogP) is 2.73. The second-order valence-corrected chi connectivity index (χ2v) is 9.51. The minimum atomic E-state index is -0.138. The third-order valence-corrected chi connectivity index (χ3v) is 7.20. The lowest BCUT2D eigenvalue weighted by molar-refractivity contribution is 0.0936. The van der Waals surface area contributed by atoms with Crippen molar-refractivity contribution in [3.63, 3.8) is 0 Å². The third-order valence-electron chi connectivity index (χ3n) is 6.87. The number of carbonyl (C=O) groups is 1. The maximum Gasteiger partial charge on any atom is 0.255 e. The molecule has 2 fully saturated rings. The van der Waals surface area contributed by atoms with Gasteiger partial charge in [-0.3, -0.25) is 9.48 Å². The van der Waals surface area contributed by atoms with E-state index >= 15 is 0 Å². The molecule has 0 bridgehead atoms. The molecular formula is C22H24ClN7O. The van der Waals surface area contributed by atoms with Crippen LogP contribution in [-0.4, -0.2) is 43.3 Å². The number of aryl methyl sites for hydroxylation is 1. The number of hydrogen-bond acceptors (Lipinski definition) is 5. The monoisotopic (exact) mass is 437 g/mol. The Morgan fingerprint density at radius 1 is 1.32 bits per heavy atom. The van der Waals surface area contributed by atoms with Gasteiger partial charge < -0.3 is 14.8 Å². The fourth-order valence-corrected chi connectivity index (χ4v) is 4.99. The highest BCUT2D eigenvalue weighted by atomic mass is 35.5. The van der Waals surface area contributed by atoms with Crippen LogP contribution in [0.2, 0.25) is 5.15 Å². The van der Waals surface area contributed by atoms with Crippen molar-refractivity contribution in [2.75, 3.05) is 18.0 Å². The van der Waals surface area contributed by atoms with Gasteiger partial charge in [-0.25, -0.2) is 9.97 Å². The van der Waals surface area contributed by atoms with Crippen molar-refractivity contribution in [2.24, 2.45) is 12.5 Å². The van der Waals surface area contributed by atoms with Crippen molar-refractivity contribution >= 4 is 23.3 Å². The normalized spacial score (nSPS) is 20.6. The van der Waals surface area contributed by atoms with Crippen LogP contribution in [0.4, 0.5) is 5.82 Å². The SMILES string of the molecule is Cn1cnc2c1CC[C@H]2NC(=O)c1cnn(Cc2ccc(N3CC4(CC4)C3)nc2Cl)c1. The number of amides is 1. The first-order valence-corrected chi connectivity index (χ1v) is 11.1. The van der Waals surface area contributed by atoms with Gasteiger partial charge in [0.05, 0.1) is 36.4 Å². The molecule has 1 atom stereocenters. The van der Waals surface area contributed by atoms with Crippen LogP contribution in [-0.2, 0) is 20.0 Å². The topological polar surface area (TPSA) is 80.9 Å². The molecule has 0 unspecified atom stereocenters. The van der Waals surface area contributed by atoms with Gasteiger partial charge in [0.25, 0.3) is 5.91 Å². The summed E-state index contributed by atoms with van der Waals surface area (Å²) in [6.07, 6.45) is 9.63. The van der Waals surface area contributed by atoms with Crippen LogP contribution in [0, 0.1) is 5.41 Å². The second-order valence-electron chi connectivity index (χ2n) is 9.15. The molecule has 8 nitrogen and oxygen atoms in total. The Morgan fingerprint density at radius 2 is 2.16 bits per heavy atom. The minimum Gasteiger partial charge on any atom is -0.355 e. The molecule has 160 valence electrons. The summed E-state index contributed by atoms with van der Waals surface area (Å²) in [6, 6.07) is 3.98. The van der Waals surface area contributed by atoms with Crippen molar-refractivity contribution in [2.45, 2.75) is 38.3 Å². The first-order chi connectivity index (χ1) is 15.0. The standard InChI is InChI=1S/C22H24ClN7O/c1-28-13-24-19-16(3-4-17(19)28)26-21(31)15-8-25-30(10-15)9-14-2-5-18(27-20(14)23)29-11-22(12-29)6-7-22/h2,5,8,10,13,16H,3-4,6-7,9,11-12H2,1H3,(H,26,31)/t16-/m1/s1. The van der Waals surface area contributed by atoms with E-state index in [1.807, 2.05) is 23.7 Å². The summed E-state index contributed by atoms with van der Waals surface area (Å²) in [5, 5.41) is 7.92. The Bertz CT molecular complexity index is 1170. The molecule has 3 aliphatic rings. The average Bonchev–Trinajstić information content (AvgIpc) is 3.04. The van der Waals surface area contributed by atoms with E-state index in [9.17, 15) is 4.79 Å². The molecule has 1 saturated carbocycles. The summed E-state index contributed by atoms with van der Waals surface area (Å²) in [6.45, 7) is 2.65. The predicted molar refractivity (Wildman–Crippen MR) is 116 cm³/mol. The minimum absolute atomic E-state index is 0.0467. The van der Waals surface area contributed by atoms with E-state index in [0.717, 1.165) is 43.0 Å². The summed E-state index contributed by atoms with van der Waals surface area (Å²) in [5.41, 5.74) is 4.15. The number of hydrogen-bond donors (Lipinski definition) is 1. The Kier molecular flexibility index (Phi) is 4.15. The average molecular weight is 438 g/mol. The second kappa shape index (κ2) is 6.82. The number of fused-ring (bicyclic) bond motifs is 1. The summed E-state index contributed by atoms with van der Waals surface area (Å²) in [4.78, 5) is 24.0. The summed E-state index contributed by atoms with van der Waals surface area (Å²) >= 11 is 6.46. The Labute approximate surface area is 185 Å². The highest BCUT2D eigenvalue weighted by Gasteiger charge is 2.52. The summed E-state index contributed by atoms with van der Waals surface area (Å²) < 4.78 is 3.75. The van der Waals surface area contributed by atoms with Crippen LogP contribution in [0.25, 0.3) is 0 Å². The highest BCUT2D eigenvalue weighted by molar-refractivity contribution is 6.30. The van der Waals surface area contributed by atoms with Gasteiger partial charge in [0, 0.05) is 43.0 Å². The lowest BCUT2D eigenvalue weighted by Crippen LogP contribution is -2.48. The molecule has 1 saturated heterocycles. The van der Waals surface area contributed by atoms with E-state index in [1.165, 1.54) is 18.5 Å². The zero-order valence-corrected chi connectivity index (χ0v) is 18.1. The number of anilines is 1. The zero-order chi connectivity index (χ0) is 21.2. The van der Waals surface area contributed by atoms with Crippen molar-refractivity contribution in [3.8, 4) is 0 Å². The lowest BCUT2D eigenvalue weighted by Gasteiger charge is -2.41. The van der Waals surface area contributed by atoms with E-state index in [-0.39, 0.29) is 11.9 Å². The van der Waals surface area contributed by atoms with E-state index in [1.54, 1.807) is 23.4 Å². The van der Waals surface area contributed by atoms with Gasteiger partial charge >= 0.3 is 0 Å². The van der Waals surface area contributed by atoms with Crippen molar-refractivity contribution in [1.82, 2.24) is 29.6 Å². The fourth-order valence-electron chi connectivity index (χ4n) is 4.78. The lowest BCUT2D eigenvalue weighted by atomic mass is 9.97. The Hall–Kier alpha value is -2.87. The van der Waals surface area contributed by atoms with Crippen LogP contribution in [0.3, 0.4) is 0 Å². The fraction of sp³-hybridized carbons (Fsp3) is 0.455. The first kappa shape index (κ1) is 18.9. The molecule has 31 heavy (non-hydrogen) atoms. The molecule has 9 heteroatoms. The Morgan fingerprint density at radius 3 is 2.94 bits per heavy atom. The van der Waals surface area contributed by atoms with Crippen LogP contribution in [0.15, 0.2) is 30.9 Å². The van der Waals surface area contributed by atoms with Crippen LogP contribution < -0.4 is 10.2 Å². The van der Waals surface area contributed by atoms with E-state index in [0.29, 0.717) is 22.7 Å². The molecule has 0 aromatic carbocycles. The van der Waals surface area contributed by atoms with Crippen LogP contribution in [0.1, 0.15) is 52.6 Å². The molecule has 0 radical (unpaired) electrons. The van der Waals surface area contributed by atoms with Crippen molar-refractivity contribution in [1.29, 1.82) is 0 Å². The third kappa shape index (κ3) is 3.29. The molecule has 3 aromatic rings. The molecule has 3 aromatic heterocycles. The first-order valence-electron chi connectivity index (χ1n) is 10.7. The molecule has 1 spiro atoms.